The Morgan fingerprint density at radius 3 is 2.38 bits per heavy atom. The fourth-order valence-corrected chi connectivity index (χ4v) is 2.38. The van der Waals surface area contributed by atoms with Crippen LogP contribution in [0, 0.1) is 0 Å². The van der Waals surface area contributed by atoms with Crippen molar-refractivity contribution in [3.05, 3.63) is 24.3 Å². The van der Waals surface area contributed by atoms with Gasteiger partial charge in [-0.1, -0.05) is 0 Å². The first-order valence-corrected chi connectivity index (χ1v) is 7.58. The van der Waals surface area contributed by atoms with Gasteiger partial charge < -0.3 is 15.2 Å². The van der Waals surface area contributed by atoms with Gasteiger partial charge in [-0.25, -0.2) is 21.9 Å². The van der Waals surface area contributed by atoms with Gasteiger partial charge in [-0.15, -0.1) is 0 Å². The summed E-state index contributed by atoms with van der Waals surface area (Å²) in [6.45, 7) is -1.25. The van der Waals surface area contributed by atoms with Gasteiger partial charge in [-0.3, -0.25) is 0 Å². The van der Waals surface area contributed by atoms with Gasteiger partial charge in [0.25, 0.3) is 5.92 Å². The van der Waals surface area contributed by atoms with E-state index in [4.69, 9.17) is 15.2 Å². The zero-order valence-corrected chi connectivity index (χ0v) is 12.3. The molecule has 0 aliphatic carbocycles. The van der Waals surface area contributed by atoms with Crippen molar-refractivity contribution in [1.29, 1.82) is 0 Å². The molecule has 0 spiro atoms. The predicted molar refractivity (Wildman–Crippen MR) is 73.0 cm³/mol. The van der Waals surface area contributed by atoms with E-state index in [-0.39, 0.29) is 4.90 Å². The summed E-state index contributed by atoms with van der Waals surface area (Å²) in [6.07, 6.45) is 0. The molecule has 0 saturated heterocycles. The lowest BCUT2D eigenvalue weighted by molar-refractivity contribution is 0.0170. The van der Waals surface area contributed by atoms with Crippen LogP contribution < -0.4 is 15.2 Å². The smallest absolute Gasteiger partial charge is 0.273 e. The standard InChI is InChI=1S/C12H18F2N2O4S/c1-19-6-7-20-10-2-4-11(5-3-10)21(17,18)16-9-12(13,14)8-15/h2-5,16H,6-9,15H2,1H3. The molecule has 1 rings (SSSR count). The third-order valence-corrected chi connectivity index (χ3v) is 3.93. The number of ether oxygens (including phenoxy) is 2. The van der Waals surface area contributed by atoms with Gasteiger partial charge in [0, 0.05) is 7.11 Å². The molecule has 1 aromatic carbocycles. The van der Waals surface area contributed by atoms with Gasteiger partial charge in [0.1, 0.15) is 12.4 Å². The monoisotopic (exact) mass is 324 g/mol. The quantitative estimate of drug-likeness (QED) is 0.649. The molecule has 0 unspecified atom stereocenters. The summed E-state index contributed by atoms with van der Waals surface area (Å²) in [5.41, 5.74) is 4.84. The molecule has 21 heavy (non-hydrogen) atoms. The first kappa shape index (κ1) is 17.8. The van der Waals surface area contributed by atoms with Crippen LogP contribution in [0.25, 0.3) is 0 Å². The molecule has 3 N–H and O–H groups in total. The Bertz CT molecular complexity index is 535. The van der Waals surface area contributed by atoms with Gasteiger partial charge in [-0.05, 0) is 24.3 Å². The zero-order chi connectivity index (χ0) is 15.9. The van der Waals surface area contributed by atoms with Crippen molar-refractivity contribution in [1.82, 2.24) is 4.72 Å². The number of benzene rings is 1. The van der Waals surface area contributed by atoms with E-state index in [1.807, 2.05) is 4.72 Å². The number of hydrogen-bond donors (Lipinski definition) is 2. The number of nitrogens with two attached hydrogens (primary N) is 1. The molecule has 0 bridgehead atoms. The van der Waals surface area contributed by atoms with Crippen LogP contribution in [0.2, 0.25) is 0 Å². The summed E-state index contributed by atoms with van der Waals surface area (Å²) in [5, 5.41) is 0. The van der Waals surface area contributed by atoms with Gasteiger partial charge in [-0.2, -0.15) is 0 Å². The van der Waals surface area contributed by atoms with Gasteiger partial charge in [0.2, 0.25) is 10.0 Å². The van der Waals surface area contributed by atoms with Crippen LogP contribution in [0.1, 0.15) is 0 Å². The molecule has 0 atom stereocenters. The van der Waals surface area contributed by atoms with Crippen LogP contribution in [-0.4, -0.2) is 47.8 Å². The van der Waals surface area contributed by atoms with Gasteiger partial charge >= 0.3 is 0 Å². The van der Waals surface area contributed by atoms with E-state index in [2.05, 4.69) is 0 Å². The van der Waals surface area contributed by atoms with Crippen LogP contribution in [0.5, 0.6) is 5.75 Å². The molecule has 0 fully saturated rings. The molecule has 0 aliphatic heterocycles. The average molecular weight is 324 g/mol. The van der Waals surface area contributed by atoms with E-state index in [0.29, 0.717) is 19.0 Å². The van der Waals surface area contributed by atoms with Crippen LogP contribution in [-0.2, 0) is 14.8 Å². The molecule has 6 nitrogen and oxygen atoms in total. The first-order valence-electron chi connectivity index (χ1n) is 6.10. The summed E-state index contributed by atoms with van der Waals surface area (Å²) in [6, 6.07) is 5.41. The molecule has 0 amide bonds. The van der Waals surface area contributed by atoms with E-state index < -0.39 is 29.0 Å². The Labute approximate surface area is 122 Å². The molecule has 0 aliphatic rings. The molecule has 120 valence electrons. The number of nitrogens with one attached hydrogen (secondary N) is 1. The Balaban J connectivity index is 2.67. The molecule has 0 saturated carbocycles. The topological polar surface area (TPSA) is 90.6 Å². The lowest BCUT2D eigenvalue weighted by Crippen LogP contribution is -2.41. The van der Waals surface area contributed by atoms with E-state index in [1.165, 1.54) is 31.4 Å². The third kappa shape index (κ3) is 5.92. The largest absolute Gasteiger partial charge is 0.491 e. The van der Waals surface area contributed by atoms with Crippen LogP contribution in [0.3, 0.4) is 0 Å². The van der Waals surface area contributed by atoms with E-state index in [1.54, 1.807) is 0 Å². The minimum Gasteiger partial charge on any atom is -0.491 e. The highest BCUT2D eigenvalue weighted by atomic mass is 32.2. The van der Waals surface area contributed by atoms with Gasteiger partial charge in [0.15, 0.2) is 0 Å². The number of methoxy groups -OCH3 is 1. The van der Waals surface area contributed by atoms with E-state index in [0.717, 1.165) is 0 Å². The molecule has 0 radical (unpaired) electrons. The Morgan fingerprint density at radius 1 is 1.24 bits per heavy atom. The number of alkyl halides is 2. The second-order valence-corrected chi connectivity index (χ2v) is 5.96. The van der Waals surface area contributed by atoms with Crippen molar-refractivity contribution in [2.45, 2.75) is 10.8 Å². The number of rotatable bonds is 9. The highest BCUT2D eigenvalue weighted by Crippen LogP contribution is 2.17. The second kappa shape index (κ2) is 7.64. The maximum Gasteiger partial charge on any atom is 0.273 e. The molecule has 1 aromatic rings. The number of hydrogen-bond acceptors (Lipinski definition) is 5. The number of sulfonamides is 1. The summed E-state index contributed by atoms with van der Waals surface area (Å²) in [5.74, 6) is -2.82. The molecular formula is C12H18F2N2O4S. The minimum absolute atomic E-state index is 0.130. The average Bonchev–Trinajstić information content (AvgIpc) is 2.46. The second-order valence-electron chi connectivity index (χ2n) is 4.20. The SMILES string of the molecule is COCCOc1ccc(S(=O)(=O)NCC(F)(F)CN)cc1. The highest BCUT2D eigenvalue weighted by molar-refractivity contribution is 7.89. The Kier molecular flexibility index (Phi) is 6.46. The molecule has 9 heteroatoms. The fraction of sp³-hybridized carbons (Fsp3) is 0.500. The first-order chi connectivity index (χ1) is 9.80. The Hall–Kier alpha value is -1.29. The van der Waals surface area contributed by atoms with Crippen molar-refractivity contribution in [2.75, 3.05) is 33.4 Å². The summed E-state index contributed by atoms with van der Waals surface area (Å²) < 4.78 is 61.4. The van der Waals surface area contributed by atoms with Crippen molar-refractivity contribution >= 4 is 10.0 Å². The fourth-order valence-electron chi connectivity index (χ4n) is 1.31. The summed E-state index contributed by atoms with van der Waals surface area (Å²) >= 11 is 0. The van der Waals surface area contributed by atoms with Crippen LogP contribution >= 0.6 is 0 Å². The summed E-state index contributed by atoms with van der Waals surface area (Å²) in [4.78, 5) is -0.130. The highest BCUT2D eigenvalue weighted by Gasteiger charge is 2.29. The van der Waals surface area contributed by atoms with E-state index >= 15 is 0 Å². The normalized spacial score (nSPS) is 12.4. The minimum atomic E-state index is -4.01. The van der Waals surface area contributed by atoms with Gasteiger partial charge in [0.05, 0.1) is 24.6 Å². The lowest BCUT2D eigenvalue weighted by Gasteiger charge is -2.15. The predicted octanol–water partition coefficient (Wildman–Crippen LogP) is 0.584. The van der Waals surface area contributed by atoms with Crippen LogP contribution in [0.4, 0.5) is 8.78 Å². The van der Waals surface area contributed by atoms with Crippen molar-refractivity contribution in [2.24, 2.45) is 5.73 Å². The molecule has 0 aromatic heterocycles. The maximum absolute atomic E-state index is 13.0. The van der Waals surface area contributed by atoms with Crippen LogP contribution in [0.15, 0.2) is 29.2 Å². The van der Waals surface area contributed by atoms with Crippen molar-refractivity contribution < 1.29 is 26.7 Å². The van der Waals surface area contributed by atoms with Crippen molar-refractivity contribution in [3.63, 3.8) is 0 Å². The zero-order valence-electron chi connectivity index (χ0n) is 11.5. The lowest BCUT2D eigenvalue weighted by atomic mass is 10.3. The molecule has 0 heterocycles. The molecular weight excluding hydrogens is 306 g/mol. The summed E-state index contributed by atoms with van der Waals surface area (Å²) in [7, 11) is -2.48. The van der Waals surface area contributed by atoms with E-state index in [9.17, 15) is 17.2 Å². The Morgan fingerprint density at radius 2 is 1.86 bits per heavy atom. The van der Waals surface area contributed by atoms with Crippen molar-refractivity contribution in [3.8, 4) is 5.75 Å². The number of halogens is 2. The third-order valence-electron chi connectivity index (χ3n) is 2.51. The maximum atomic E-state index is 13.0.